The number of hydrogen-bond acceptors (Lipinski definition) is 3. The molecule has 1 aliphatic rings. The number of pyridine rings is 1. The predicted molar refractivity (Wildman–Crippen MR) is 87.2 cm³/mol. The fraction of sp³-hybridized carbons (Fsp3) is 0.389. The lowest BCUT2D eigenvalue weighted by Gasteiger charge is -2.14. The molecule has 1 aliphatic heterocycles. The van der Waals surface area contributed by atoms with Crippen molar-refractivity contribution in [3.8, 4) is 5.75 Å². The molecule has 2 heterocycles. The molecule has 0 spiro atoms. The summed E-state index contributed by atoms with van der Waals surface area (Å²) in [4.78, 5) is 17.7. The van der Waals surface area contributed by atoms with Crippen LogP contribution in [-0.2, 0) is 13.0 Å². The van der Waals surface area contributed by atoms with Crippen LogP contribution in [0.4, 0.5) is 0 Å². The van der Waals surface area contributed by atoms with Crippen molar-refractivity contribution in [1.82, 2.24) is 9.88 Å². The Morgan fingerprint density at radius 3 is 2.64 bits per heavy atom. The SMILES string of the molecule is O=c1cc(CCN2CCCC2)[nH]cc1OCc1ccccc1. The Morgan fingerprint density at radius 2 is 1.91 bits per heavy atom. The van der Waals surface area contributed by atoms with Gasteiger partial charge in [-0.1, -0.05) is 30.3 Å². The van der Waals surface area contributed by atoms with Crippen molar-refractivity contribution in [2.45, 2.75) is 25.9 Å². The molecule has 22 heavy (non-hydrogen) atoms. The first kappa shape index (κ1) is 14.9. The van der Waals surface area contributed by atoms with Crippen molar-refractivity contribution in [1.29, 1.82) is 0 Å². The van der Waals surface area contributed by atoms with E-state index in [1.165, 1.54) is 25.9 Å². The van der Waals surface area contributed by atoms with Crippen molar-refractivity contribution < 1.29 is 4.74 Å². The van der Waals surface area contributed by atoms with Gasteiger partial charge in [0.2, 0.25) is 5.43 Å². The molecule has 1 aromatic heterocycles. The first-order valence-electron chi connectivity index (χ1n) is 7.92. The summed E-state index contributed by atoms with van der Waals surface area (Å²) in [5.41, 5.74) is 1.98. The maximum atomic E-state index is 12.1. The second-order valence-corrected chi connectivity index (χ2v) is 5.76. The van der Waals surface area contributed by atoms with Crippen LogP contribution in [0, 0.1) is 0 Å². The number of nitrogens with one attached hydrogen (secondary N) is 1. The zero-order chi connectivity index (χ0) is 15.2. The highest BCUT2D eigenvalue weighted by Gasteiger charge is 2.11. The summed E-state index contributed by atoms with van der Waals surface area (Å²) in [5, 5.41) is 0. The van der Waals surface area contributed by atoms with E-state index < -0.39 is 0 Å². The van der Waals surface area contributed by atoms with Gasteiger partial charge in [0.1, 0.15) is 6.61 Å². The summed E-state index contributed by atoms with van der Waals surface area (Å²) < 4.78 is 5.60. The molecule has 2 aromatic rings. The minimum absolute atomic E-state index is 0.0499. The van der Waals surface area contributed by atoms with Crippen LogP contribution >= 0.6 is 0 Å². The predicted octanol–water partition coefficient (Wildman–Crippen LogP) is 2.59. The van der Waals surface area contributed by atoms with E-state index in [-0.39, 0.29) is 5.43 Å². The van der Waals surface area contributed by atoms with E-state index in [1.54, 1.807) is 12.3 Å². The third-order valence-corrected chi connectivity index (χ3v) is 4.07. The maximum Gasteiger partial charge on any atom is 0.223 e. The highest BCUT2D eigenvalue weighted by molar-refractivity contribution is 5.22. The van der Waals surface area contributed by atoms with E-state index in [2.05, 4.69) is 9.88 Å². The van der Waals surface area contributed by atoms with Gasteiger partial charge in [-0.2, -0.15) is 0 Å². The van der Waals surface area contributed by atoms with Gasteiger partial charge < -0.3 is 14.6 Å². The number of rotatable bonds is 6. The molecule has 4 heteroatoms. The van der Waals surface area contributed by atoms with E-state index in [4.69, 9.17) is 4.74 Å². The molecule has 4 nitrogen and oxygen atoms in total. The molecule has 3 rings (SSSR count). The molecule has 0 atom stereocenters. The molecule has 1 aromatic carbocycles. The second kappa shape index (κ2) is 7.27. The maximum absolute atomic E-state index is 12.1. The smallest absolute Gasteiger partial charge is 0.223 e. The first-order chi connectivity index (χ1) is 10.8. The molecule has 1 fully saturated rings. The van der Waals surface area contributed by atoms with Gasteiger partial charge in [0, 0.05) is 30.9 Å². The summed E-state index contributed by atoms with van der Waals surface area (Å²) in [7, 11) is 0. The highest BCUT2D eigenvalue weighted by Crippen LogP contribution is 2.10. The number of benzene rings is 1. The summed E-state index contributed by atoms with van der Waals surface area (Å²) in [6.07, 6.45) is 5.16. The molecule has 1 saturated heterocycles. The van der Waals surface area contributed by atoms with E-state index in [0.29, 0.717) is 12.4 Å². The lowest BCUT2D eigenvalue weighted by molar-refractivity contribution is 0.301. The van der Waals surface area contributed by atoms with Crippen LogP contribution in [0.25, 0.3) is 0 Å². The van der Waals surface area contributed by atoms with Crippen molar-refractivity contribution in [3.05, 3.63) is 64.1 Å². The molecule has 1 N–H and O–H groups in total. The van der Waals surface area contributed by atoms with Crippen LogP contribution in [-0.4, -0.2) is 29.5 Å². The van der Waals surface area contributed by atoms with Gasteiger partial charge in [-0.3, -0.25) is 4.79 Å². The summed E-state index contributed by atoms with van der Waals surface area (Å²) in [6, 6.07) is 11.5. The number of ether oxygens (including phenoxy) is 1. The average Bonchev–Trinajstić information content (AvgIpc) is 3.06. The fourth-order valence-corrected chi connectivity index (χ4v) is 2.78. The van der Waals surface area contributed by atoms with Crippen molar-refractivity contribution >= 4 is 0 Å². The average molecular weight is 298 g/mol. The van der Waals surface area contributed by atoms with Crippen LogP contribution in [0.5, 0.6) is 5.75 Å². The van der Waals surface area contributed by atoms with E-state index in [0.717, 1.165) is 24.2 Å². The Kier molecular flexibility index (Phi) is 4.91. The normalized spacial score (nSPS) is 15.1. The van der Waals surface area contributed by atoms with Crippen LogP contribution in [0.15, 0.2) is 47.4 Å². The van der Waals surface area contributed by atoms with Gasteiger partial charge in [-0.05, 0) is 31.5 Å². The number of H-pyrrole nitrogens is 1. The molecule has 116 valence electrons. The molecule has 0 saturated carbocycles. The molecule has 0 radical (unpaired) electrons. The molecule has 0 amide bonds. The molecule has 0 aliphatic carbocycles. The van der Waals surface area contributed by atoms with Gasteiger partial charge >= 0.3 is 0 Å². The Hall–Kier alpha value is -2.07. The Labute approximate surface area is 130 Å². The van der Waals surface area contributed by atoms with Crippen LogP contribution in [0.3, 0.4) is 0 Å². The number of likely N-dealkylation sites (tertiary alicyclic amines) is 1. The van der Waals surface area contributed by atoms with Gasteiger partial charge in [0.15, 0.2) is 5.75 Å². The number of nitrogens with zero attached hydrogens (tertiary/aromatic N) is 1. The van der Waals surface area contributed by atoms with Crippen LogP contribution in [0.2, 0.25) is 0 Å². The van der Waals surface area contributed by atoms with Crippen molar-refractivity contribution in [2.24, 2.45) is 0 Å². The standard InChI is InChI=1S/C18H22N2O2/c21-17-12-16(8-11-20-9-4-5-10-20)19-13-18(17)22-14-15-6-2-1-3-7-15/h1-3,6-7,12-13H,4-5,8-11,14H2,(H,19,21). The monoisotopic (exact) mass is 298 g/mol. The summed E-state index contributed by atoms with van der Waals surface area (Å²) in [5.74, 6) is 0.383. The largest absolute Gasteiger partial charge is 0.483 e. The number of hydrogen-bond donors (Lipinski definition) is 1. The van der Waals surface area contributed by atoms with Crippen molar-refractivity contribution in [2.75, 3.05) is 19.6 Å². The third-order valence-electron chi connectivity index (χ3n) is 4.07. The first-order valence-corrected chi connectivity index (χ1v) is 7.92. The van der Waals surface area contributed by atoms with Gasteiger partial charge in [-0.15, -0.1) is 0 Å². The van der Waals surface area contributed by atoms with E-state index in [9.17, 15) is 4.79 Å². The topological polar surface area (TPSA) is 45.3 Å². The van der Waals surface area contributed by atoms with E-state index >= 15 is 0 Å². The summed E-state index contributed by atoms with van der Waals surface area (Å²) in [6.45, 7) is 3.79. The zero-order valence-corrected chi connectivity index (χ0v) is 12.8. The zero-order valence-electron chi connectivity index (χ0n) is 12.8. The van der Waals surface area contributed by atoms with Gasteiger partial charge in [0.05, 0.1) is 0 Å². The Balaban J connectivity index is 1.56. The summed E-state index contributed by atoms with van der Waals surface area (Å²) >= 11 is 0. The Bertz CT molecular complexity index is 646. The lowest BCUT2D eigenvalue weighted by Crippen LogP contribution is -2.22. The Morgan fingerprint density at radius 1 is 1.14 bits per heavy atom. The van der Waals surface area contributed by atoms with Crippen molar-refractivity contribution in [3.63, 3.8) is 0 Å². The van der Waals surface area contributed by atoms with Crippen LogP contribution in [0.1, 0.15) is 24.1 Å². The fourth-order valence-electron chi connectivity index (χ4n) is 2.78. The minimum Gasteiger partial charge on any atom is -0.483 e. The lowest BCUT2D eigenvalue weighted by atomic mass is 10.2. The molecule has 0 bridgehead atoms. The van der Waals surface area contributed by atoms with Gasteiger partial charge in [0.25, 0.3) is 0 Å². The second-order valence-electron chi connectivity index (χ2n) is 5.76. The minimum atomic E-state index is -0.0499. The molecular formula is C18H22N2O2. The third kappa shape index (κ3) is 3.98. The highest BCUT2D eigenvalue weighted by atomic mass is 16.5. The van der Waals surface area contributed by atoms with Gasteiger partial charge in [-0.25, -0.2) is 0 Å². The molecule has 0 unspecified atom stereocenters. The molecular weight excluding hydrogens is 276 g/mol. The number of aromatic nitrogens is 1. The van der Waals surface area contributed by atoms with Crippen LogP contribution < -0.4 is 10.2 Å². The number of aromatic amines is 1. The van der Waals surface area contributed by atoms with E-state index in [1.807, 2.05) is 30.3 Å². The quantitative estimate of drug-likeness (QED) is 0.891.